The number of carbonyl (C=O) groups excluding carboxylic acids is 1. The Morgan fingerprint density at radius 2 is 1.82 bits per heavy atom. The number of fused-ring (bicyclic) bond motifs is 2. The van der Waals surface area contributed by atoms with E-state index in [1.165, 1.54) is 11.1 Å². The van der Waals surface area contributed by atoms with E-state index in [-0.39, 0.29) is 12.5 Å². The fourth-order valence-corrected chi connectivity index (χ4v) is 2.97. The quantitative estimate of drug-likeness (QED) is 0.726. The summed E-state index contributed by atoms with van der Waals surface area (Å²) in [6.07, 6.45) is 0.917. The zero-order valence-electron chi connectivity index (χ0n) is 12.1. The van der Waals surface area contributed by atoms with Crippen LogP contribution in [0.25, 0.3) is 11.0 Å². The van der Waals surface area contributed by atoms with Gasteiger partial charge in [0.25, 0.3) is 0 Å². The van der Waals surface area contributed by atoms with Crippen LogP contribution in [-0.2, 0) is 24.3 Å². The maximum absolute atomic E-state index is 12.6. The molecule has 0 atom stereocenters. The Bertz CT molecular complexity index is 839. The summed E-state index contributed by atoms with van der Waals surface area (Å²) in [6.45, 7) is 1.69. The number of rotatable bonds is 2. The average molecular weight is 292 g/mol. The number of amides is 1. The molecule has 1 aliphatic rings. The van der Waals surface area contributed by atoms with Crippen molar-refractivity contribution in [2.75, 3.05) is 6.54 Å². The van der Waals surface area contributed by atoms with Crippen LogP contribution in [0, 0.1) is 0 Å². The van der Waals surface area contributed by atoms with E-state index in [1.807, 2.05) is 35.2 Å². The van der Waals surface area contributed by atoms with E-state index in [0.717, 1.165) is 24.0 Å². The second-order valence-corrected chi connectivity index (χ2v) is 5.57. The molecule has 5 nitrogen and oxygen atoms in total. The topological polar surface area (TPSA) is 51.0 Å². The molecule has 2 heterocycles. The Kier molecular flexibility index (Phi) is 3.11. The number of aromatic nitrogens is 3. The van der Waals surface area contributed by atoms with E-state index in [2.05, 4.69) is 28.5 Å². The van der Waals surface area contributed by atoms with E-state index in [4.69, 9.17) is 0 Å². The molecule has 0 bridgehead atoms. The van der Waals surface area contributed by atoms with Crippen molar-refractivity contribution in [3.8, 4) is 0 Å². The molecule has 22 heavy (non-hydrogen) atoms. The van der Waals surface area contributed by atoms with Crippen LogP contribution in [0.5, 0.6) is 0 Å². The number of hydrogen-bond acceptors (Lipinski definition) is 3. The highest BCUT2D eigenvalue weighted by atomic mass is 16.2. The molecule has 5 heteroatoms. The van der Waals surface area contributed by atoms with Gasteiger partial charge in [-0.25, -0.2) is 4.68 Å². The zero-order valence-corrected chi connectivity index (χ0v) is 12.1. The Balaban J connectivity index is 1.54. The van der Waals surface area contributed by atoms with Crippen LogP contribution in [-0.4, -0.2) is 32.3 Å². The lowest BCUT2D eigenvalue weighted by Gasteiger charge is -2.28. The highest BCUT2D eigenvalue weighted by molar-refractivity contribution is 5.80. The summed E-state index contributed by atoms with van der Waals surface area (Å²) >= 11 is 0. The largest absolute Gasteiger partial charge is 0.336 e. The summed E-state index contributed by atoms with van der Waals surface area (Å²) in [7, 11) is 0. The van der Waals surface area contributed by atoms with Crippen LogP contribution in [0.2, 0.25) is 0 Å². The monoisotopic (exact) mass is 292 g/mol. The third kappa shape index (κ3) is 2.24. The number of nitrogens with zero attached hydrogens (tertiary/aromatic N) is 4. The van der Waals surface area contributed by atoms with E-state index < -0.39 is 0 Å². The molecule has 0 spiro atoms. The van der Waals surface area contributed by atoms with Gasteiger partial charge in [0.1, 0.15) is 12.1 Å². The second-order valence-electron chi connectivity index (χ2n) is 5.57. The van der Waals surface area contributed by atoms with Gasteiger partial charge in [-0.2, -0.15) is 0 Å². The number of hydrogen-bond donors (Lipinski definition) is 0. The lowest BCUT2D eigenvalue weighted by Crippen LogP contribution is -2.38. The molecule has 1 amide bonds. The van der Waals surface area contributed by atoms with Gasteiger partial charge in [-0.05, 0) is 29.7 Å². The first-order valence-electron chi connectivity index (χ1n) is 7.44. The van der Waals surface area contributed by atoms with Crippen molar-refractivity contribution < 1.29 is 4.79 Å². The van der Waals surface area contributed by atoms with E-state index >= 15 is 0 Å². The number of para-hydroxylation sites is 1. The predicted molar refractivity (Wildman–Crippen MR) is 83.1 cm³/mol. The SMILES string of the molecule is O=C(Cn1nnc2ccccc21)N1CCc2ccccc2C1. The molecule has 0 saturated heterocycles. The molecule has 1 aromatic heterocycles. The minimum Gasteiger partial charge on any atom is -0.336 e. The van der Waals surface area contributed by atoms with Crippen LogP contribution in [0.3, 0.4) is 0 Å². The molecule has 4 rings (SSSR count). The fraction of sp³-hybridized carbons (Fsp3) is 0.235. The summed E-state index contributed by atoms with van der Waals surface area (Å²) in [5.74, 6) is 0.0881. The van der Waals surface area contributed by atoms with E-state index in [9.17, 15) is 4.79 Å². The minimum atomic E-state index is 0.0881. The van der Waals surface area contributed by atoms with Crippen molar-refractivity contribution in [2.24, 2.45) is 0 Å². The summed E-state index contributed by atoms with van der Waals surface area (Å²) in [5, 5.41) is 8.19. The van der Waals surface area contributed by atoms with Gasteiger partial charge in [-0.3, -0.25) is 4.79 Å². The number of benzene rings is 2. The van der Waals surface area contributed by atoms with Crippen molar-refractivity contribution in [3.63, 3.8) is 0 Å². The smallest absolute Gasteiger partial charge is 0.244 e. The zero-order chi connectivity index (χ0) is 14.9. The minimum absolute atomic E-state index is 0.0881. The van der Waals surface area contributed by atoms with Crippen molar-refractivity contribution >= 4 is 16.9 Å². The van der Waals surface area contributed by atoms with Crippen LogP contribution in [0.15, 0.2) is 48.5 Å². The molecular formula is C17H16N4O. The standard InChI is InChI=1S/C17H16N4O/c22-17(12-21-16-8-4-3-7-15(16)18-19-21)20-10-9-13-5-1-2-6-14(13)11-20/h1-8H,9-12H2. The lowest BCUT2D eigenvalue weighted by atomic mass is 10.00. The number of carbonyl (C=O) groups is 1. The van der Waals surface area contributed by atoms with Crippen molar-refractivity contribution in [1.82, 2.24) is 19.9 Å². The first-order chi connectivity index (χ1) is 10.8. The maximum Gasteiger partial charge on any atom is 0.244 e. The van der Waals surface area contributed by atoms with Crippen molar-refractivity contribution in [1.29, 1.82) is 0 Å². The van der Waals surface area contributed by atoms with Crippen LogP contribution >= 0.6 is 0 Å². The average Bonchev–Trinajstić information content (AvgIpc) is 2.97. The van der Waals surface area contributed by atoms with E-state index in [0.29, 0.717) is 6.54 Å². The third-order valence-electron chi connectivity index (χ3n) is 4.19. The summed E-state index contributed by atoms with van der Waals surface area (Å²) < 4.78 is 1.68. The first-order valence-corrected chi connectivity index (χ1v) is 7.44. The molecule has 110 valence electrons. The van der Waals surface area contributed by atoms with Gasteiger partial charge >= 0.3 is 0 Å². The molecule has 0 radical (unpaired) electrons. The van der Waals surface area contributed by atoms with Crippen molar-refractivity contribution in [3.05, 3.63) is 59.7 Å². The molecule has 0 fully saturated rings. The molecule has 0 unspecified atom stereocenters. The molecule has 0 N–H and O–H groups in total. The predicted octanol–water partition coefficient (Wildman–Crippen LogP) is 2.02. The first kappa shape index (κ1) is 13.0. The maximum atomic E-state index is 12.6. The highest BCUT2D eigenvalue weighted by Gasteiger charge is 2.21. The second kappa shape index (κ2) is 5.26. The molecule has 3 aromatic rings. The summed E-state index contributed by atoms with van der Waals surface area (Å²) in [6, 6.07) is 16.0. The van der Waals surface area contributed by atoms with Crippen molar-refractivity contribution in [2.45, 2.75) is 19.5 Å². The molecule has 0 aliphatic carbocycles. The van der Waals surface area contributed by atoms with Crippen LogP contribution < -0.4 is 0 Å². The molecule has 1 aliphatic heterocycles. The van der Waals surface area contributed by atoms with Gasteiger partial charge in [0.15, 0.2) is 0 Å². The summed E-state index contributed by atoms with van der Waals surface area (Å²) in [5.41, 5.74) is 4.30. The van der Waals surface area contributed by atoms with Gasteiger partial charge in [0.05, 0.1) is 5.52 Å². The van der Waals surface area contributed by atoms with Gasteiger partial charge in [0, 0.05) is 13.1 Å². The van der Waals surface area contributed by atoms with Crippen LogP contribution in [0.1, 0.15) is 11.1 Å². The molecule has 0 saturated carbocycles. The summed E-state index contributed by atoms with van der Waals surface area (Å²) in [4.78, 5) is 14.5. The Hall–Kier alpha value is -2.69. The third-order valence-corrected chi connectivity index (χ3v) is 4.19. The van der Waals surface area contributed by atoms with Crippen LogP contribution in [0.4, 0.5) is 0 Å². The van der Waals surface area contributed by atoms with Gasteiger partial charge < -0.3 is 4.90 Å². The van der Waals surface area contributed by atoms with Gasteiger partial charge in [-0.15, -0.1) is 5.10 Å². The van der Waals surface area contributed by atoms with Gasteiger partial charge in [-0.1, -0.05) is 41.6 Å². The lowest BCUT2D eigenvalue weighted by molar-refractivity contribution is -0.132. The van der Waals surface area contributed by atoms with Gasteiger partial charge in [0.2, 0.25) is 5.91 Å². The Morgan fingerprint density at radius 1 is 1.05 bits per heavy atom. The Morgan fingerprint density at radius 3 is 2.73 bits per heavy atom. The Labute approximate surface area is 128 Å². The molecule has 2 aromatic carbocycles. The fourth-order valence-electron chi connectivity index (χ4n) is 2.97. The molecular weight excluding hydrogens is 276 g/mol. The normalized spacial score (nSPS) is 14.1. The highest BCUT2D eigenvalue weighted by Crippen LogP contribution is 2.19. The van der Waals surface area contributed by atoms with E-state index in [1.54, 1.807) is 4.68 Å².